The number of non-ortho nitro benzene ring substituents is 1. The molecule has 8 nitrogen and oxygen atoms in total. The van der Waals surface area contributed by atoms with Crippen molar-refractivity contribution in [1.29, 1.82) is 0 Å². The third kappa shape index (κ3) is 4.05. The normalized spacial score (nSPS) is 10.4. The average molecular weight is 337 g/mol. The van der Waals surface area contributed by atoms with Crippen LogP contribution in [0.2, 0.25) is 0 Å². The molecule has 25 heavy (non-hydrogen) atoms. The third-order valence-corrected chi connectivity index (χ3v) is 3.49. The lowest BCUT2D eigenvalue weighted by Crippen LogP contribution is -2.19. The summed E-state index contributed by atoms with van der Waals surface area (Å²) < 4.78 is 1.39. The number of hydrogen-bond acceptors (Lipinski definition) is 5. The second-order valence-corrected chi connectivity index (χ2v) is 5.49. The molecule has 0 aliphatic rings. The zero-order valence-corrected chi connectivity index (χ0v) is 13.4. The molecule has 1 N–H and O–H groups in total. The molecule has 0 spiro atoms. The molecule has 1 amide bonds. The van der Waals surface area contributed by atoms with Crippen LogP contribution in [0.25, 0.3) is 11.4 Å². The number of aromatic nitrogens is 3. The van der Waals surface area contributed by atoms with Gasteiger partial charge in [0.15, 0.2) is 5.82 Å². The Labute approximate surface area is 143 Å². The van der Waals surface area contributed by atoms with E-state index in [9.17, 15) is 14.9 Å². The summed E-state index contributed by atoms with van der Waals surface area (Å²) in [7, 11) is 0. The number of aryl methyl sites for hydroxylation is 1. The Morgan fingerprint density at radius 2 is 2.00 bits per heavy atom. The summed E-state index contributed by atoms with van der Waals surface area (Å²) in [6.45, 7) is 1.96. The largest absolute Gasteiger partial charge is 0.324 e. The fourth-order valence-electron chi connectivity index (χ4n) is 2.25. The molecule has 0 aliphatic heterocycles. The van der Waals surface area contributed by atoms with E-state index in [-0.39, 0.29) is 18.1 Å². The molecule has 1 heterocycles. The van der Waals surface area contributed by atoms with Gasteiger partial charge in [0.1, 0.15) is 12.9 Å². The highest BCUT2D eigenvalue weighted by molar-refractivity contribution is 5.90. The first-order chi connectivity index (χ1) is 12.0. The number of benzene rings is 2. The van der Waals surface area contributed by atoms with Gasteiger partial charge in [-0.2, -0.15) is 5.10 Å². The number of nitrogens with one attached hydrogen (secondary N) is 1. The first-order valence-electron chi connectivity index (χ1n) is 7.52. The molecule has 2 aromatic carbocycles. The van der Waals surface area contributed by atoms with Crippen molar-refractivity contribution in [2.75, 3.05) is 5.32 Å². The van der Waals surface area contributed by atoms with Crippen molar-refractivity contribution in [3.63, 3.8) is 0 Å². The van der Waals surface area contributed by atoms with Crippen LogP contribution in [0.3, 0.4) is 0 Å². The van der Waals surface area contributed by atoms with Gasteiger partial charge in [-0.3, -0.25) is 14.9 Å². The van der Waals surface area contributed by atoms with Crippen LogP contribution < -0.4 is 5.32 Å². The first kappa shape index (κ1) is 16.3. The number of nitrogens with zero attached hydrogens (tertiary/aromatic N) is 4. The van der Waals surface area contributed by atoms with Crippen LogP contribution in [0.5, 0.6) is 0 Å². The Morgan fingerprint density at radius 1 is 1.24 bits per heavy atom. The van der Waals surface area contributed by atoms with Gasteiger partial charge >= 0.3 is 0 Å². The Morgan fingerprint density at radius 3 is 2.72 bits per heavy atom. The quantitative estimate of drug-likeness (QED) is 0.569. The maximum Gasteiger partial charge on any atom is 0.270 e. The van der Waals surface area contributed by atoms with E-state index < -0.39 is 4.92 Å². The maximum atomic E-state index is 12.1. The topological polar surface area (TPSA) is 103 Å². The summed E-state index contributed by atoms with van der Waals surface area (Å²) in [5.41, 5.74) is 2.29. The van der Waals surface area contributed by atoms with E-state index >= 15 is 0 Å². The number of nitro benzene ring substituents is 1. The highest BCUT2D eigenvalue weighted by atomic mass is 16.6. The van der Waals surface area contributed by atoms with Gasteiger partial charge in [0.2, 0.25) is 5.91 Å². The number of hydrogen-bond donors (Lipinski definition) is 1. The van der Waals surface area contributed by atoms with Crippen molar-refractivity contribution in [3.8, 4) is 11.4 Å². The summed E-state index contributed by atoms with van der Waals surface area (Å²) in [5.74, 6) is 0.0891. The maximum absolute atomic E-state index is 12.1. The Kier molecular flexibility index (Phi) is 4.51. The lowest BCUT2D eigenvalue weighted by Gasteiger charge is -2.05. The van der Waals surface area contributed by atoms with E-state index in [1.54, 1.807) is 12.1 Å². The molecule has 0 atom stereocenters. The van der Waals surface area contributed by atoms with Crippen molar-refractivity contribution in [2.45, 2.75) is 13.5 Å². The van der Waals surface area contributed by atoms with Gasteiger partial charge in [0.25, 0.3) is 5.69 Å². The van der Waals surface area contributed by atoms with Crippen molar-refractivity contribution in [1.82, 2.24) is 14.8 Å². The molecule has 0 radical (unpaired) electrons. The molecule has 3 aromatic rings. The van der Waals surface area contributed by atoms with Crippen LogP contribution in [0, 0.1) is 17.0 Å². The van der Waals surface area contributed by atoms with Crippen molar-refractivity contribution in [2.24, 2.45) is 0 Å². The van der Waals surface area contributed by atoms with Crippen LogP contribution in [0.4, 0.5) is 11.4 Å². The highest BCUT2D eigenvalue weighted by Gasteiger charge is 2.11. The predicted octanol–water partition coefficient (Wildman–Crippen LogP) is 2.80. The second-order valence-electron chi connectivity index (χ2n) is 5.49. The summed E-state index contributed by atoms with van der Waals surface area (Å²) in [5, 5.41) is 17.8. The molecule has 126 valence electrons. The van der Waals surface area contributed by atoms with Crippen LogP contribution in [-0.2, 0) is 11.3 Å². The van der Waals surface area contributed by atoms with E-state index in [1.165, 1.54) is 23.1 Å². The smallest absolute Gasteiger partial charge is 0.270 e. The minimum Gasteiger partial charge on any atom is -0.324 e. The zero-order valence-electron chi connectivity index (χ0n) is 13.4. The standard InChI is InChI=1S/C17H15N5O3/c1-12-5-7-14(8-6-12)19-16(23)10-21-11-18-17(20-21)13-3-2-4-15(9-13)22(24)25/h2-9,11H,10H2,1H3,(H,19,23). The molecular formula is C17H15N5O3. The van der Waals surface area contributed by atoms with Crippen molar-refractivity contribution < 1.29 is 9.72 Å². The van der Waals surface area contributed by atoms with Crippen molar-refractivity contribution >= 4 is 17.3 Å². The summed E-state index contributed by atoms with van der Waals surface area (Å²) in [4.78, 5) is 26.5. The SMILES string of the molecule is Cc1ccc(NC(=O)Cn2cnc(-c3cccc([N+](=O)[O-])c3)n2)cc1. The van der Waals surface area contributed by atoms with Gasteiger partial charge in [0, 0.05) is 23.4 Å². The summed E-state index contributed by atoms with van der Waals surface area (Å²) >= 11 is 0. The number of carbonyl (C=O) groups is 1. The molecule has 0 unspecified atom stereocenters. The zero-order chi connectivity index (χ0) is 17.8. The van der Waals surface area contributed by atoms with Gasteiger partial charge in [0.05, 0.1) is 4.92 Å². The van der Waals surface area contributed by atoms with E-state index in [2.05, 4.69) is 15.4 Å². The predicted molar refractivity (Wildman–Crippen MR) is 91.9 cm³/mol. The summed E-state index contributed by atoms with van der Waals surface area (Å²) in [6.07, 6.45) is 1.42. The van der Waals surface area contributed by atoms with Gasteiger partial charge in [-0.1, -0.05) is 29.8 Å². The third-order valence-electron chi connectivity index (χ3n) is 3.49. The minimum atomic E-state index is -0.477. The molecule has 3 rings (SSSR count). The van der Waals surface area contributed by atoms with Gasteiger partial charge in [-0.15, -0.1) is 0 Å². The monoisotopic (exact) mass is 337 g/mol. The fraction of sp³-hybridized carbons (Fsp3) is 0.118. The minimum absolute atomic E-state index is 0.00416. The van der Waals surface area contributed by atoms with Crippen LogP contribution in [-0.4, -0.2) is 25.6 Å². The number of rotatable bonds is 5. The van der Waals surface area contributed by atoms with Crippen LogP contribution in [0.15, 0.2) is 54.9 Å². The summed E-state index contributed by atoms with van der Waals surface area (Å²) in [6, 6.07) is 13.5. The van der Waals surface area contributed by atoms with E-state index in [4.69, 9.17) is 0 Å². The second kappa shape index (κ2) is 6.91. The molecule has 0 bridgehead atoms. The first-order valence-corrected chi connectivity index (χ1v) is 7.52. The number of amides is 1. The number of carbonyl (C=O) groups excluding carboxylic acids is 1. The number of anilines is 1. The fourth-order valence-corrected chi connectivity index (χ4v) is 2.25. The van der Waals surface area contributed by atoms with Crippen molar-refractivity contribution in [3.05, 3.63) is 70.5 Å². The van der Waals surface area contributed by atoms with Gasteiger partial charge < -0.3 is 5.32 Å². The van der Waals surface area contributed by atoms with E-state index in [0.29, 0.717) is 17.1 Å². The molecule has 0 saturated carbocycles. The average Bonchev–Trinajstić information content (AvgIpc) is 3.05. The lowest BCUT2D eigenvalue weighted by molar-refractivity contribution is -0.384. The molecule has 1 aromatic heterocycles. The van der Waals surface area contributed by atoms with Crippen LogP contribution >= 0.6 is 0 Å². The van der Waals surface area contributed by atoms with Gasteiger partial charge in [-0.05, 0) is 19.1 Å². The Hall–Kier alpha value is -3.55. The Bertz CT molecular complexity index is 918. The Balaban J connectivity index is 1.69. The number of nitro groups is 1. The molecule has 0 fully saturated rings. The van der Waals surface area contributed by atoms with Gasteiger partial charge in [-0.25, -0.2) is 9.67 Å². The van der Waals surface area contributed by atoms with E-state index in [1.807, 2.05) is 31.2 Å². The van der Waals surface area contributed by atoms with Crippen LogP contribution in [0.1, 0.15) is 5.56 Å². The molecule has 8 heteroatoms. The highest BCUT2D eigenvalue weighted by Crippen LogP contribution is 2.20. The molecule has 0 saturated heterocycles. The lowest BCUT2D eigenvalue weighted by atomic mass is 10.2. The molecule has 0 aliphatic carbocycles. The van der Waals surface area contributed by atoms with E-state index in [0.717, 1.165) is 5.56 Å². The molecular weight excluding hydrogens is 322 g/mol.